The molecule has 0 saturated heterocycles. The first-order chi connectivity index (χ1) is 7.66. The minimum absolute atomic E-state index is 0.238. The summed E-state index contributed by atoms with van der Waals surface area (Å²) < 4.78 is 13.3. The molecule has 0 bridgehead atoms. The van der Waals surface area contributed by atoms with E-state index >= 15 is 0 Å². The molecule has 1 aromatic carbocycles. The SMILES string of the molecule is Cc1ccc(Nc2ccncc2N)cc1F. The molecule has 0 amide bonds. The average Bonchev–Trinajstić information content (AvgIpc) is 2.27. The lowest BCUT2D eigenvalue weighted by atomic mass is 10.2. The number of nitrogen functional groups attached to an aromatic ring is 1. The van der Waals surface area contributed by atoms with E-state index in [1.54, 1.807) is 37.5 Å². The van der Waals surface area contributed by atoms with Gasteiger partial charge in [-0.3, -0.25) is 4.98 Å². The molecule has 0 aliphatic carbocycles. The van der Waals surface area contributed by atoms with Crippen LogP contribution < -0.4 is 11.1 Å². The zero-order valence-electron chi connectivity index (χ0n) is 8.87. The Balaban J connectivity index is 2.28. The number of rotatable bonds is 2. The van der Waals surface area contributed by atoms with Crippen LogP contribution in [-0.4, -0.2) is 4.98 Å². The van der Waals surface area contributed by atoms with Crippen molar-refractivity contribution in [3.05, 3.63) is 48.0 Å². The fraction of sp³-hybridized carbons (Fsp3) is 0.0833. The zero-order valence-corrected chi connectivity index (χ0v) is 8.87. The molecule has 3 nitrogen and oxygen atoms in total. The first kappa shape index (κ1) is 10.4. The summed E-state index contributed by atoms with van der Waals surface area (Å²) in [6.45, 7) is 1.72. The predicted octanol–water partition coefficient (Wildman–Crippen LogP) is 2.85. The number of halogens is 1. The molecule has 0 spiro atoms. The molecule has 1 aromatic heterocycles. The van der Waals surface area contributed by atoms with E-state index in [2.05, 4.69) is 10.3 Å². The second-order valence-corrected chi connectivity index (χ2v) is 3.55. The summed E-state index contributed by atoms with van der Waals surface area (Å²) in [6.07, 6.45) is 3.18. The van der Waals surface area contributed by atoms with E-state index in [0.29, 0.717) is 16.9 Å². The quantitative estimate of drug-likeness (QED) is 0.813. The average molecular weight is 217 g/mol. The van der Waals surface area contributed by atoms with Crippen LogP contribution in [-0.2, 0) is 0 Å². The van der Waals surface area contributed by atoms with Gasteiger partial charge in [-0.1, -0.05) is 6.07 Å². The first-order valence-electron chi connectivity index (χ1n) is 4.89. The Bertz CT molecular complexity index is 511. The fourth-order valence-electron chi connectivity index (χ4n) is 1.35. The van der Waals surface area contributed by atoms with Crippen molar-refractivity contribution in [2.45, 2.75) is 6.92 Å². The highest BCUT2D eigenvalue weighted by molar-refractivity contribution is 5.71. The van der Waals surface area contributed by atoms with E-state index in [-0.39, 0.29) is 5.82 Å². The van der Waals surface area contributed by atoms with E-state index in [1.165, 1.54) is 6.07 Å². The number of aryl methyl sites for hydroxylation is 1. The molecular weight excluding hydrogens is 205 g/mol. The molecule has 1 heterocycles. The number of nitrogens with one attached hydrogen (secondary N) is 1. The summed E-state index contributed by atoms with van der Waals surface area (Å²) >= 11 is 0. The minimum atomic E-state index is -0.238. The second kappa shape index (κ2) is 4.18. The van der Waals surface area contributed by atoms with Crippen LogP contribution in [0.2, 0.25) is 0 Å². The van der Waals surface area contributed by atoms with Gasteiger partial charge in [-0.05, 0) is 30.7 Å². The largest absolute Gasteiger partial charge is 0.396 e. The molecule has 0 aliphatic heterocycles. The number of anilines is 3. The molecule has 2 aromatic rings. The molecule has 2 rings (SSSR count). The Labute approximate surface area is 93.1 Å². The van der Waals surface area contributed by atoms with Crippen LogP contribution in [0.3, 0.4) is 0 Å². The molecule has 0 unspecified atom stereocenters. The van der Waals surface area contributed by atoms with E-state index in [1.807, 2.05) is 0 Å². The molecule has 0 atom stereocenters. The monoisotopic (exact) mass is 217 g/mol. The topological polar surface area (TPSA) is 50.9 Å². The maximum absolute atomic E-state index is 13.3. The summed E-state index contributed by atoms with van der Waals surface area (Å²) in [5, 5.41) is 3.04. The van der Waals surface area contributed by atoms with Crippen LogP contribution in [0.25, 0.3) is 0 Å². The van der Waals surface area contributed by atoms with Gasteiger partial charge in [-0.15, -0.1) is 0 Å². The van der Waals surface area contributed by atoms with Gasteiger partial charge in [0.05, 0.1) is 17.6 Å². The third kappa shape index (κ3) is 2.11. The van der Waals surface area contributed by atoms with E-state index < -0.39 is 0 Å². The molecule has 16 heavy (non-hydrogen) atoms. The number of nitrogens with zero attached hydrogens (tertiary/aromatic N) is 1. The number of aromatic nitrogens is 1. The van der Waals surface area contributed by atoms with Gasteiger partial charge in [0.1, 0.15) is 5.82 Å². The van der Waals surface area contributed by atoms with Gasteiger partial charge in [0.2, 0.25) is 0 Å². The zero-order chi connectivity index (χ0) is 11.5. The number of hydrogen-bond acceptors (Lipinski definition) is 3. The Morgan fingerprint density at radius 2 is 2.12 bits per heavy atom. The van der Waals surface area contributed by atoms with Crippen molar-refractivity contribution in [2.24, 2.45) is 0 Å². The lowest BCUT2D eigenvalue weighted by molar-refractivity contribution is 0.619. The van der Waals surface area contributed by atoms with Crippen LogP contribution >= 0.6 is 0 Å². The molecule has 82 valence electrons. The highest BCUT2D eigenvalue weighted by Crippen LogP contribution is 2.22. The van der Waals surface area contributed by atoms with Gasteiger partial charge in [-0.25, -0.2) is 4.39 Å². The van der Waals surface area contributed by atoms with Crippen molar-refractivity contribution in [1.29, 1.82) is 0 Å². The molecule has 0 aliphatic rings. The molecule has 4 heteroatoms. The summed E-state index contributed by atoms with van der Waals surface area (Å²) in [7, 11) is 0. The molecular formula is C12H12FN3. The number of pyridine rings is 1. The van der Waals surface area contributed by atoms with Gasteiger partial charge >= 0.3 is 0 Å². The van der Waals surface area contributed by atoms with Gasteiger partial charge in [-0.2, -0.15) is 0 Å². The number of benzene rings is 1. The third-order valence-corrected chi connectivity index (χ3v) is 2.30. The van der Waals surface area contributed by atoms with Gasteiger partial charge in [0, 0.05) is 11.9 Å². The highest BCUT2D eigenvalue weighted by Gasteiger charge is 2.01. The fourth-order valence-corrected chi connectivity index (χ4v) is 1.35. The van der Waals surface area contributed by atoms with Crippen LogP contribution in [0.1, 0.15) is 5.56 Å². The van der Waals surface area contributed by atoms with E-state index in [9.17, 15) is 4.39 Å². The third-order valence-electron chi connectivity index (χ3n) is 2.30. The highest BCUT2D eigenvalue weighted by atomic mass is 19.1. The number of hydrogen-bond donors (Lipinski definition) is 2. The smallest absolute Gasteiger partial charge is 0.128 e. The van der Waals surface area contributed by atoms with Crippen molar-refractivity contribution in [1.82, 2.24) is 4.98 Å². The Morgan fingerprint density at radius 3 is 2.81 bits per heavy atom. The van der Waals surface area contributed by atoms with Crippen molar-refractivity contribution < 1.29 is 4.39 Å². The van der Waals surface area contributed by atoms with Crippen molar-refractivity contribution in [3.63, 3.8) is 0 Å². The first-order valence-corrected chi connectivity index (χ1v) is 4.89. The number of nitrogens with two attached hydrogens (primary N) is 1. The maximum atomic E-state index is 13.3. The minimum Gasteiger partial charge on any atom is -0.396 e. The van der Waals surface area contributed by atoms with Gasteiger partial charge < -0.3 is 11.1 Å². The Morgan fingerprint density at radius 1 is 1.31 bits per heavy atom. The van der Waals surface area contributed by atoms with Crippen LogP contribution in [0, 0.1) is 12.7 Å². The standard InChI is InChI=1S/C12H12FN3/c1-8-2-3-9(6-10(8)13)16-12-4-5-15-7-11(12)14/h2-7H,14H2,1H3,(H,15,16). The summed E-state index contributed by atoms with van der Waals surface area (Å²) in [5.41, 5.74) is 8.26. The lowest BCUT2D eigenvalue weighted by Crippen LogP contribution is -1.97. The lowest BCUT2D eigenvalue weighted by Gasteiger charge is -2.09. The summed E-state index contributed by atoms with van der Waals surface area (Å²) in [6, 6.07) is 6.70. The van der Waals surface area contributed by atoms with Gasteiger partial charge in [0.25, 0.3) is 0 Å². The van der Waals surface area contributed by atoms with E-state index in [4.69, 9.17) is 5.73 Å². The predicted molar refractivity (Wildman–Crippen MR) is 63.1 cm³/mol. The molecule has 3 N–H and O–H groups in total. The summed E-state index contributed by atoms with van der Waals surface area (Å²) in [5.74, 6) is -0.238. The normalized spacial score (nSPS) is 10.1. The molecule has 0 saturated carbocycles. The van der Waals surface area contributed by atoms with E-state index in [0.717, 1.165) is 5.69 Å². The Hall–Kier alpha value is -2.10. The van der Waals surface area contributed by atoms with Gasteiger partial charge in [0.15, 0.2) is 0 Å². The maximum Gasteiger partial charge on any atom is 0.128 e. The van der Waals surface area contributed by atoms with Crippen LogP contribution in [0.4, 0.5) is 21.5 Å². The van der Waals surface area contributed by atoms with Crippen LogP contribution in [0.15, 0.2) is 36.7 Å². The van der Waals surface area contributed by atoms with Crippen molar-refractivity contribution >= 4 is 17.1 Å². The van der Waals surface area contributed by atoms with Crippen LogP contribution in [0.5, 0.6) is 0 Å². The molecule has 0 fully saturated rings. The summed E-state index contributed by atoms with van der Waals surface area (Å²) in [4.78, 5) is 3.88. The molecule has 0 radical (unpaired) electrons. The Kier molecular flexibility index (Phi) is 2.72. The van der Waals surface area contributed by atoms with Crippen molar-refractivity contribution in [3.8, 4) is 0 Å². The van der Waals surface area contributed by atoms with Crippen molar-refractivity contribution in [2.75, 3.05) is 11.1 Å². The second-order valence-electron chi connectivity index (χ2n) is 3.55.